The topological polar surface area (TPSA) is 57.2 Å². The second kappa shape index (κ2) is 8.67. The molecule has 3 rings (SSSR count). The third-order valence-electron chi connectivity index (χ3n) is 4.78. The molecule has 2 aliphatic heterocycles. The van der Waals surface area contributed by atoms with E-state index in [-0.39, 0.29) is 12.5 Å². The molecule has 1 fully saturated rings. The Morgan fingerprint density at radius 1 is 1.56 bits per heavy atom. The van der Waals surface area contributed by atoms with Crippen molar-refractivity contribution in [2.24, 2.45) is 10.9 Å². The van der Waals surface area contributed by atoms with Gasteiger partial charge in [-0.3, -0.25) is 4.79 Å². The minimum atomic E-state index is 0.102. The van der Waals surface area contributed by atoms with E-state index in [1.165, 1.54) is 10.4 Å². The molecule has 138 valence electrons. The van der Waals surface area contributed by atoms with Crippen LogP contribution < -0.4 is 5.32 Å². The molecule has 1 amide bonds. The quantitative estimate of drug-likeness (QED) is 0.636. The van der Waals surface area contributed by atoms with Crippen molar-refractivity contribution < 1.29 is 9.53 Å². The number of ether oxygens (including phenoxy) is 1. The lowest BCUT2D eigenvalue weighted by atomic mass is 10.1. The van der Waals surface area contributed by atoms with Crippen LogP contribution in [0.25, 0.3) is 0 Å². The summed E-state index contributed by atoms with van der Waals surface area (Å²) in [6.07, 6.45) is 2.06. The van der Waals surface area contributed by atoms with Crippen LogP contribution in [-0.2, 0) is 22.5 Å². The number of carbonyl (C=O) groups excluding carboxylic acids is 1. The number of aliphatic imine (C=N–C) groups is 1. The zero-order valence-electron chi connectivity index (χ0n) is 15.2. The van der Waals surface area contributed by atoms with Crippen LogP contribution in [0.5, 0.6) is 0 Å². The number of hydrogen-bond donors (Lipinski definition) is 1. The summed E-state index contributed by atoms with van der Waals surface area (Å²) in [5.41, 5.74) is 1.29. The fourth-order valence-electron chi connectivity index (χ4n) is 3.37. The van der Waals surface area contributed by atoms with Gasteiger partial charge < -0.3 is 19.9 Å². The molecular weight excluding hydrogens is 336 g/mol. The van der Waals surface area contributed by atoms with Gasteiger partial charge in [0, 0.05) is 50.6 Å². The minimum absolute atomic E-state index is 0.102. The van der Waals surface area contributed by atoms with Crippen LogP contribution in [0.1, 0.15) is 23.8 Å². The minimum Gasteiger partial charge on any atom is -0.381 e. The molecule has 1 aromatic heterocycles. The summed E-state index contributed by atoms with van der Waals surface area (Å²) in [7, 11) is 2.03. The first-order valence-electron chi connectivity index (χ1n) is 9.07. The zero-order valence-corrected chi connectivity index (χ0v) is 16.0. The van der Waals surface area contributed by atoms with Gasteiger partial charge in [-0.2, -0.15) is 0 Å². The molecule has 1 N–H and O–H groups in total. The van der Waals surface area contributed by atoms with Crippen LogP contribution in [0.4, 0.5) is 0 Å². The lowest BCUT2D eigenvalue weighted by Gasteiger charge is -2.27. The zero-order chi connectivity index (χ0) is 17.6. The molecule has 1 saturated heterocycles. The van der Waals surface area contributed by atoms with Crippen molar-refractivity contribution in [3.8, 4) is 0 Å². The maximum atomic E-state index is 12.6. The highest BCUT2D eigenvalue weighted by molar-refractivity contribution is 7.10. The Balaban J connectivity index is 1.56. The van der Waals surface area contributed by atoms with Gasteiger partial charge in [0.15, 0.2) is 5.96 Å². The van der Waals surface area contributed by atoms with Crippen molar-refractivity contribution in [2.75, 3.05) is 46.4 Å². The molecule has 25 heavy (non-hydrogen) atoms. The highest BCUT2D eigenvalue weighted by Crippen LogP contribution is 2.24. The molecule has 7 heteroatoms. The number of thiophene rings is 1. The van der Waals surface area contributed by atoms with Crippen LogP contribution in [0.2, 0.25) is 0 Å². The molecule has 1 aromatic rings. The number of fused-ring (bicyclic) bond motifs is 1. The standard InChI is InChI=1S/C18H28N4O2S/c1-3-19-18(21(2)11-14-5-8-24-13-14)20-10-17(23)22-7-4-16-15(12-22)6-9-25-16/h6,9,14H,3-5,7-8,10-13H2,1-2H3,(H,19,20). The van der Waals surface area contributed by atoms with Gasteiger partial charge in [-0.05, 0) is 36.8 Å². The summed E-state index contributed by atoms with van der Waals surface area (Å²) in [6, 6.07) is 2.13. The Morgan fingerprint density at radius 3 is 3.20 bits per heavy atom. The Bertz CT molecular complexity index is 610. The third kappa shape index (κ3) is 4.73. The molecule has 0 aromatic carbocycles. The average Bonchev–Trinajstić information content (AvgIpc) is 3.28. The van der Waals surface area contributed by atoms with E-state index < -0.39 is 0 Å². The molecule has 1 unspecified atom stereocenters. The molecule has 0 radical (unpaired) electrons. The van der Waals surface area contributed by atoms with Gasteiger partial charge in [0.05, 0.1) is 6.61 Å². The van der Waals surface area contributed by atoms with Crippen LogP contribution in [-0.4, -0.2) is 68.1 Å². The summed E-state index contributed by atoms with van der Waals surface area (Å²) in [4.78, 5) is 22.6. The van der Waals surface area contributed by atoms with Crippen molar-refractivity contribution in [1.82, 2.24) is 15.1 Å². The highest BCUT2D eigenvalue weighted by atomic mass is 32.1. The van der Waals surface area contributed by atoms with Gasteiger partial charge in [0.2, 0.25) is 5.91 Å². The summed E-state index contributed by atoms with van der Waals surface area (Å²) in [5, 5.41) is 5.41. The number of amides is 1. The van der Waals surface area contributed by atoms with Crippen LogP contribution in [0, 0.1) is 5.92 Å². The second-order valence-electron chi connectivity index (χ2n) is 6.71. The number of nitrogens with zero attached hydrogens (tertiary/aromatic N) is 3. The molecule has 1 atom stereocenters. The van der Waals surface area contributed by atoms with Crippen molar-refractivity contribution in [3.63, 3.8) is 0 Å². The van der Waals surface area contributed by atoms with Crippen molar-refractivity contribution in [3.05, 3.63) is 21.9 Å². The van der Waals surface area contributed by atoms with E-state index in [0.29, 0.717) is 5.92 Å². The fourth-order valence-corrected chi connectivity index (χ4v) is 4.26. The van der Waals surface area contributed by atoms with Gasteiger partial charge in [-0.1, -0.05) is 0 Å². The number of guanidine groups is 1. The Hall–Kier alpha value is -1.60. The molecule has 0 bridgehead atoms. The van der Waals surface area contributed by atoms with Crippen molar-refractivity contribution >= 4 is 23.2 Å². The second-order valence-corrected chi connectivity index (χ2v) is 7.72. The molecule has 2 aliphatic rings. The molecule has 3 heterocycles. The van der Waals surface area contributed by atoms with E-state index in [4.69, 9.17) is 4.74 Å². The Labute approximate surface area is 153 Å². The summed E-state index contributed by atoms with van der Waals surface area (Å²) in [5.74, 6) is 1.45. The molecule has 0 aliphatic carbocycles. The van der Waals surface area contributed by atoms with Crippen LogP contribution in [0.3, 0.4) is 0 Å². The Kier molecular flexibility index (Phi) is 6.31. The highest BCUT2D eigenvalue weighted by Gasteiger charge is 2.22. The first kappa shape index (κ1) is 18.2. The number of carbonyl (C=O) groups is 1. The predicted octanol–water partition coefficient (Wildman–Crippen LogP) is 1.57. The smallest absolute Gasteiger partial charge is 0.244 e. The van der Waals surface area contributed by atoms with Gasteiger partial charge in [0.25, 0.3) is 0 Å². The summed E-state index contributed by atoms with van der Waals surface area (Å²) < 4.78 is 5.45. The normalized spacial score (nSPS) is 20.5. The van der Waals surface area contributed by atoms with E-state index in [9.17, 15) is 4.79 Å². The molecule has 0 spiro atoms. The number of hydrogen-bond acceptors (Lipinski definition) is 4. The van der Waals surface area contributed by atoms with E-state index >= 15 is 0 Å². The van der Waals surface area contributed by atoms with Gasteiger partial charge in [-0.25, -0.2) is 4.99 Å². The van der Waals surface area contributed by atoms with Crippen molar-refractivity contribution in [2.45, 2.75) is 26.3 Å². The molecule has 6 nitrogen and oxygen atoms in total. The lowest BCUT2D eigenvalue weighted by molar-refractivity contribution is -0.130. The summed E-state index contributed by atoms with van der Waals surface area (Å²) in [6.45, 7) is 7.14. The van der Waals surface area contributed by atoms with E-state index in [1.54, 1.807) is 11.3 Å². The summed E-state index contributed by atoms with van der Waals surface area (Å²) >= 11 is 1.79. The van der Waals surface area contributed by atoms with Gasteiger partial charge in [0.1, 0.15) is 6.54 Å². The maximum absolute atomic E-state index is 12.6. The largest absolute Gasteiger partial charge is 0.381 e. The van der Waals surface area contributed by atoms with Gasteiger partial charge in [-0.15, -0.1) is 11.3 Å². The monoisotopic (exact) mass is 364 g/mol. The molecular formula is C18H28N4O2S. The third-order valence-corrected chi connectivity index (χ3v) is 5.80. The first-order valence-corrected chi connectivity index (χ1v) is 9.95. The van der Waals surface area contributed by atoms with Crippen LogP contribution in [0.15, 0.2) is 16.4 Å². The Morgan fingerprint density at radius 2 is 2.44 bits per heavy atom. The van der Waals surface area contributed by atoms with Crippen molar-refractivity contribution in [1.29, 1.82) is 0 Å². The number of nitrogens with one attached hydrogen (secondary N) is 1. The average molecular weight is 365 g/mol. The molecule has 0 saturated carbocycles. The van der Waals surface area contributed by atoms with Crippen LogP contribution >= 0.6 is 11.3 Å². The first-order chi connectivity index (χ1) is 12.2. The van der Waals surface area contributed by atoms with E-state index in [2.05, 4.69) is 26.7 Å². The number of rotatable bonds is 5. The maximum Gasteiger partial charge on any atom is 0.244 e. The fraction of sp³-hybridized carbons (Fsp3) is 0.667. The lowest BCUT2D eigenvalue weighted by Crippen LogP contribution is -2.43. The van der Waals surface area contributed by atoms with E-state index in [1.807, 2.05) is 18.9 Å². The predicted molar refractivity (Wildman–Crippen MR) is 101 cm³/mol. The van der Waals surface area contributed by atoms with Gasteiger partial charge >= 0.3 is 0 Å². The SMILES string of the molecule is CCNC(=NCC(=O)N1CCc2sccc2C1)N(C)CC1CCOC1. The van der Waals surface area contributed by atoms with E-state index in [0.717, 1.165) is 58.2 Å².